The molecule has 6 heteroatoms. The molecular formula is C24H31N3O3. The molecule has 3 rings (SSSR count). The molecule has 0 aromatic heterocycles. The second-order valence-electron chi connectivity index (χ2n) is 7.94. The third-order valence-electron chi connectivity index (χ3n) is 5.52. The van der Waals surface area contributed by atoms with Crippen molar-refractivity contribution in [1.29, 1.82) is 0 Å². The van der Waals surface area contributed by atoms with Crippen molar-refractivity contribution in [2.24, 2.45) is 5.92 Å². The summed E-state index contributed by atoms with van der Waals surface area (Å²) in [6.07, 6.45) is 3.29. The number of likely N-dealkylation sites (tertiary alicyclic amines) is 1. The number of nitrogens with one attached hydrogen (secondary N) is 2. The van der Waals surface area contributed by atoms with Crippen LogP contribution in [0.5, 0.6) is 5.75 Å². The summed E-state index contributed by atoms with van der Waals surface area (Å²) >= 11 is 0. The van der Waals surface area contributed by atoms with Crippen LogP contribution in [0.25, 0.3) is 0 Å². The molecule has 0 aliphatic carbocycles. The maximum Gasteiger partial charge on any atom is 0.243 e. The predicted octanol–water partition coefficient (Wildman–Crippen LogP) is 3.01. The Labute approximate surface area is 178 Å². The molecule has 0 atom stereocenters. The highest BCUT2D eigenvalue weighted by Gasteiger charge is 2.21. The van der Waals surface area contributed by atoms with Gasteiger partial charge in [-0.2, -0.15) is 0 Å². The maximum absolute atomic E-state index is 12.3. The van der Waals surface area contributed by atoms with Gasteiger partial charge in [-0.15, -0.1) is 0 Å². The minimum absolute atomic E-state index is 0.0552. The van der Waals surface area contributed by atoms with Crippen LogP contribution in [0.1, 0.15) is 24.0 Å². The highest BCUT2D eigenvalue weighted by atomic mass is 16.5. The topological polar surface area (TPSA) is 70.7 Å². The summed E-state index contributed by atoms with van der Waals surface area (Å²) in [4.78, 5) is 26.6. The second kappa shape index (κ2) is 10.8. The number of ether oxygens (including phenoxy) is 1. The fraction of sp³-hybridized carbons (Fsp3) is 0.417. The lowest BCUT2D eigenvalue weighted by Crippen LogP contribution is -2.43. The molecule has 0 saturated carbocycles. The van der Waals surface area contributed by atoms with E-state index in [-0.39, 0.29) is 18.4 Å². The Bertz CT molecular complexity index is 846. The van der Waals surface area contributed by atoms with E-state index >= 15 is 0 Å². The van der Waals surface area contributed by atoms with E-state index in [1.54, 1.807) is 7.11 Å². The molecule has 2 aromatic rings. The molecule has 1 saturated heterocycles. The lowest BCUT2D eigenvalue weighted by molar-refractivity contribution is -0.125. The molecule has 0 unspecified atom stereocenters. The molecule has 2 N–H and O–H groups in total. The maximum atomic E-state index is 12.3. The molecule has 30 heavy (non-hydrogen) atoms. The molecule has 1 heterocycles. The fourth-order valence-corrected chi connectivity index (χ4v) is 3.85. The van der Waals surface area contributed by atoms with E-state index in [9.17, 15) is 9.59 Å². The minimum Gasteiger partial charge on any atom is -0.495 e. The first-order valence-electron chi connectivity index (χ1n) is 10.5. The van der Waals surface area contributed by atoms with Crippen molar-refractivity contribution in [2.45, 2.75) is 26.2 Å². The number of rotatable bonds is 8. The Morgan fingerprint density at radius 3 is 2.50 bits per heavy atom. The van der Waals surface area contributed by atoms with E-state index in [2.05, 4.69) is 39.8 Å². The van der Waals surface area contributed by atoms with E-state index in [1.807, 2.05) is 31.2 Å². The smallest absolute Gasteiger partial charge is 0.243 e. The number of aryl methyl sites for hydroxylation is 1. The first-order chi connectivity index (χ1) is 14.5. The SMILES string of the molecule is COc1ccc(C)cc1NC(=O)CNC(=O)CN1CCC(Cc2ccccc2)CC1. The van der Waals surface area contributed by atoms with Gasteiger partial charge in [0.2, 0.25) is 11.8 Å². The largest absolute Gasteiger partial charge is 0.495 e. The van der Waals surface area contributed by atoms with Gasteiger partial charge in [0, 0.05) is 0 Å². The molecule has 2 aromatic carbocycles. The number of nitrogens with zero attached hydrogens (tertiary/aromatic N) is 1. The van der Waals surface area contributed by atoms with E-state index in [0.29, 0.717) is 23.9 Å². The zero-order valence-corrected chi connectivity index (χ0v) is 17.8. The zero-order chi connectivity index (χ0) is 21.3. The summed E-state index contributed by atoms with van der Waals surface area (Å²) in [5, 5.41) is 5.52. The standard InChI is InChI=1S/C24H31N3O3/c1-18-8-9-22(30-2)21(14-18)26-23(28)16-25-24(29)17-27-12-10-20(11-13-27)15-19-6-4-3-5-7-19/h3-9,14,20H,10-13,15-17H2,1-2H3,(H,25,29)(H,26,28). The fourth-order valence-electron chi connectivity index (χ4n) is 3.85. The Balaban J connectivity index is 1.37. The van der Waals surface area contributed by atoms with Gasteiger partial charge in [0.15, 0.2) is 0 Å². The van der Waals surface area contributed by atoms with E-state index in [4.69, 9.17) is 4.74 Å². The van der Waals surface area contributed by atoms with Crippen LogP contribution in [0.2, 0.25) is 0 Å². The van der Waals surface area contributed by atoms with Crippen LogP contribution >= 0.6 is 0 Å². The number of methoxy groups -OCH3 is 1. The van der Waals surface area contributed by atoms with Crippen molar-refractivity contribution in [3.63, 3.8) is 0 Å². The monoisotopic (exact) mass is 409 g/mol. The number of amides is 2. The second-order valence-corrected chi connectivity index (χ2v) is 7.94. The lowest BCUT2D eigenvalue weighted by Gasteiger charge is -2.31. The highest BCUT2D eigenvalue weighted by Crippen LogP contribution is 2.25. The molecule has 0 radical (unpaired) electrons. The molecule has 160 valence electrons. The van der Waals surface area contributed by atoms with E-state index < -0.39 is 0 Å². The number of benzene rings is 2. The van der Waals surface area contributed by atoms with Crippen LogP contribution in [0, 0.1) is 12.8 Å². The average molecular weight is 410 g/mol. The van der Waals surface area contributed by atoms with Gasteiger partial charge in [0.1, 0.15) is 5.75 Å². The van der Waals surface area contributed by atoms with Crippen LogP contribution in [-0.2, 0) is 16.0 Å². The van der Waals surface area contributed by atoms with Crippen LogP contribution in [0.4, 0.5) is 5.69 Å². The minimum atomic E-state index is -0.270. The number of carbonyl (C=O) groups is 2. The highest BCUT2D eigenvalue weighted by molar-refractivity contribution is 5.96. The van der Waals surface area contributed by atoms with Crippen molar-refractivity contribution in [3.8, 4) is 5.75 Å². The van der Waals surface area contributed by atoms with Gasteiger partial charge in [0.05, 0.1) is 25.9 Å². The zero-order valence-electron chi connectivity index (χ0n) is 17.8. The number of piperidine rings is 1. The Morgan fingerprint density at radius 1 is 1.07 bits per heavy atom. The first kappa shape index (κ1) is 21.8. The number of anilines is 1. The molecule has 6 nitrogen and oxygen atoms in total. The van der Waals surface area contributed by atoms with Crippen molar-refractivity contribution < 1.29 is 14.3 Å². The predicted molar refractivity (Wildman–Crippen MR) is 119 cm³/mol. The molecule has 0 spiro atoms. The summed E-state index contributed by atoms with van der Waals surface area (Å²) in [6, 6.07) is 16.1. The molecule has 1 fully saturated rings. The lowest BCUT2D eigenvalue weighted by atomic mass is 9.90. The molecule has 1 aliphatic heterocycles. The van der Waals surface area contributed by atoms with Gasteiger partial charge in [0.25, 0.3) is 0 Å². The summed E-state index contributed by atoms with van der Waals surface area (Å²) < 4.78 is 5.26. The van der Waals surface area contributed by atoms with Gasteiger partial charge >= 0.3 is 0 Å². The summed E-state index contributed by atoms with van der Waals surface area (Å²) in [7, 11) is 1.56. The third kappa shape index (κ3) is 6.59. The van der Waals surface area contributed by atoms with Crippen molar-refractivity contribution in [1.82, 2.24) is 10.2 Å². The molecule has 0 bridgehead atoms. The number of carbonyl (C=O) groups excluding carboxylic acids is 2. The number of hydrogen-bond acceptors (Lipinski definition) is 4. The van der Waals surface area contributed by atoms with Crippen LogP contribution in [0.3, 0.4) is 0 Å². The van der Waals surface area contributed by atoms with Crippen LogP contribution < -0.4 is 15.4 Å². The van der Waals surface area contributed by atoms with Crippen molar-refractivity contribution in [2.75, 3.05) is 38.6 Å². The summed E-state index contributed by atoms with van der Waals surface area (Å²) in [5.74, 6) is 0.872. The van der Waals surface area contributed by atoms with E-state index in [1.165, 1.54) is 5.56 Å². The van der Waals surface area contributed by atoms with Crippen molar-refractivity contribution >= 4 is 17.5 Å². The van der Waals surface area contributed by atoms with E-state index in [0.717, 1.165) is 37.9 Å². The first-order valence-corrected chi connectivity index (χ1v) is 10.5. The Hall–Kier alpha value is -2.86. The quantitative estimate of drug-likeness (QED) is 0.703. The summed E-state index contributed by atoms with van der Waals surface area (Å²) in [6.45, 7) is 4.05. The normalized spacial score (nSPS) is 14.9. The number of hydrogen-bond donors (Lipinski definition) is 2. The third-order valence-corrected chi connectivity index (χ3v) is 5.52. The van der Waals surface area contributed by atoms with Gasteiger partial charge in [-0.05, 0) is 68.5 Å². The molecular weight excluding hydrogens is 378 g/mol. The Kier molecular flexibility index (Phi) is 7.85. The van der Waals surface area contributed by atoms with Gasteiger partial charge in [-0.1, -0.05) is 36.4 Å². The van der Waals surface area contributed by atoms with Gasteiger partial charge < -0.3 is 15.4 Å². The molecule has 2 amide bonds. The molecule has 1 aliphatic rings. The average Bonchev–Trinajstić information content (AvgIpc) is 2.75. The van der Waals surface area contributed by atoms with Crippen LogP contribution in [0.15, 0.2) is 48.5 Å². The van der Waals surface area contributed by atoms with Crippen LogP contribution in [-0.4, -0.2) is 50.0 Å². The van der Waals surface area contributed by atoms with Gasteiger partial charge in [-0.3, -0.25) is 14.5 Å². The Morgan fingerprint density at radius 2 is 1.80 bits per heavy atom. The summed E-state index contributed by atoms with van der Waals surface area (Å²) in [5.41, 5.74) is 3.01. The van der Waals surface area contributed by atoms with Crippen molar-refractivity contribution in [3.05, 3.63) is 59.7 Å². The van der Waals surface area contributed by atoms with Gasteiger partial charge in [-0.25, -0.2) is 0 Å².